The van der Waals surface area contributed by atoms with Gasteiger partial charge in [-0.2, -0.15) is 0 Å². The number of allylic oxidation sites excluding steroid dienone is 4. The van der Waals surface area contributed by atoms with Gasteiger partial charge in [0.15, 0.2) is 17.1 Å². The first kappa shape index (κ1) is 28.5. The van der Waals surface area contributed by atoms with Gasteiger partial charge in [-0.3, -0.25) is 0 Å². The van der Waals surface area contributed by atoms with Crippen LogP contribution in [0.3, 0.4) is 0 Å². The highest BCUT2D eigenvalue weighted by Crippen LogP contribution is 2.37. The average molecular weight is 517 g/mol. The monoisotopic (exact) mass is 516 g/mol. The second kappa shape index (κ2) is 14.6. The van der Waals surface area contributed by atoms with E-state index in [1.54, 1.807) is 48.5 Å². The number of carbonyl (C=O) groups excluding carboxylic acids is 1. The van der Waals surface area contributed by atoms with Crippen LogP contribution in [0.15, 0.2) is 93.2 Å². The molecule has 0 unspecified atom stereocenters. The molecule has 0 radical (unpaired) electrons. The summed E-state index contributed by atoms with van der Waals surface area (Å²) in [6, 6.07) is 13.7. The zero-order valence-electron chi connectivity index (χ0n) is 22.6. The summed E-state index contributed by atoms with van der Waals surface area (Å²) in [7, 11) is 0. The summed E-state index contributed by atoms with van der Waals surface area (Å²) in [5.74, 6) is -0.388. The van der Waals surface area contributed by atoms with Crippen molar-refractivity contribution < 1.29 is 23.4 Å². The summed E-state index contributed by atoms with van der Waals surface area (Å²) < 4.78 is 23.1. The Kier molecular flexibility index (Phi) is 11.0. The Hall–Kier alpha value is -4.06. The van der Waals surface area contributed by atoms with E-state index < -0.39 is 11.6 Å². The minimum atomic E-state index is -0.814. The molecule has 0 fully saturated rings. The van der Waals surface area contributed by atoms with Crippen LogP contribution in [-0.4, -0.2) is 19.2 Å². The summed E-state index contributed by atoms with van der Waals surface area (Å²) >= 11 is 0. The maximum Gasteiger partial charge on any atom is 0.383 e. The molecule has 0 saturated carbocycles. The molecule has 0 bridgehead atoms. The van der Waals surface area contributed by atoms with Gasteiger partial charge in [-0.25, -0.2) is 9.59 Å². The molecule has 0 aliphatic rings. The normalized spacial score (nSPS) is 11.5. The Morgan fingerprint density at radius 3 is 2.42 bits per heavy atom. The van der Waals surface area contributed by atoms with Crippen LogP contribution in [0, 0.1) is 0 Å². The molecular formula is C32H36O6. The van der Waals surface area contributed by atoms with Crippen molar-refractivity contribution in [2.24, 2.45) is 0 Å². The van der Waals surface area contributed by atoms with Crippen LogP contribution in [0.4, 0.5) is 0 Å². The van der Waals surface area contributed by atoms with Gasteiger partial charge in [0.25, 0.3) is 5.75 Å². The SMILES string of the molecule is CCC=CCCOc1c(OC(=O)c2ccccc2)c(=O)oc2c(OC/C=C(\C)CCC=C(C)C)cccc12. The smallest absolute Gasteiger partial charge is 0.383 e. The van der Waals surface area contributed by atoms with E-state index in [1.165, 1.54) is 11.1 Å². The fourth-order valence-electron chi connectivity index (χ4n) is 3.70. The van der Waals surface area contributed by atoms with Crippen LogP contribution >= 0.6 is 0 Å². The van der Waals surface area contributed by atoms with Crippen LogP contribution in [0.25, 0.3) is 11.0 Å². The van der Waals surface area contributed by atoms with Crippen molar-refractivity contribution >= 4 is 16.9 Å². The van der Waals surface area contributed by atoms with E-state index >= 15 is 0 Å². The van der Waals surface area contributed by atoms with Crippen molar-refractivity contribution in [3.05, 3.63) is 100.0 Å². The molecular weight excluding hydrogens is 480 g/mol. The zero-order chi connectivity index (χ0) is 27.3. The Morgan fingerprint density at radius 1 is 0.895 bits per heavy atom. The van der Waals surface area contributed by atoms with E-state index in [-0.39, 0.29) is 17.1 Å². The van der Waals surface area contributed by atoms with Crippen LogP contribution in [-0.2, 0) is 0 Å². The number of carbonyl (C=O) groups is 1. The number of hydrogen-bond donors (Lipinski definition) is 0. The van der Waals surface area contributed by atoms with Crippen molar-refractivity contribution in [2.75, 3.05) is 13.2 Å². The highest BCUT2D eigenvalue weighted by atomic mass is 16.6. The van der Waals surface area contributed by atoms with Crippen molar-refractivity contribution in [1.29, 1.82) is 0 Å². The van der Waals surface area contributed by atoms with Gasteiger partial charge in [0.1, 0.15) is 6.61 Å². The lowest BCUT2D eigenvalue weighted by atomic mass is 10.1. The molecule has 200 valence electrons. The summed E-state index contributed by atoms with van der Waals surface area (Å²) in [5, 5.41) is 0.488. The van der Waals surface area contributed by atoms with Crippen LogP contribution in [0.5, 0.6) is 17.2 Å². The number of benzene rings is 2. The molecule has 0 aliphatic carbocycles. The van der Waals surface area contributed by atoms with Gasteiger partial charge in [0.05, 0.1) is 17.6 Å². The van der Waals surface area contributed by atoms with Crippen molar-refractivity contribution in [2.45, 2.75) is 53.4 Å². The van der Waals surface area contributed by atoms with Crippen LogP contribution in [0.2, 0.25) is 0 Å². The molecule has 0 spiro atoms. The van der Waals surface area contributed by atoms with Crippen molar-refractivity contribution in [3.63, 3.8) is 0 Å². The minimum Gasteiger partial charge on any atom is -0.488 e. The predicted molar refractivity (Wildman–Crippen MR) is 151 cm³/mol. The molecule has 3 aromatic rings. The van der Waals surface area contributed by atoms with E-state index in [9.17, 15) is 9.59 Å². The standard InChI is InChI=1S/C32H36O6/c1-5-6-7-11-21-36-29-26-18-13-19-27(35-22-20-24(4)15-12-14-23(2)3)28(26)37-32(34)30(29)38-31(33)25-16-9-8-10-17-25/h6-10,13-14,16-20H,5,11-12,15,21-22H2,1-4H3/b7-6?,24-20+. The molecule has 0 saturated heterocycles. The first-order chi connectivity index (χ1) is 18.4. The fourth-order valence-corrected chi connectivity index (χ4v) is 3.70. The average Bonchev–Trinajstić information content (AvgIpc) is 2.90. The molecule has 1 heterocycles. The molecule has 1 aromatic heterocycles. The largest absolute Gasteiger partial charge is 0.488 e. The summed E-state index contributed by atoms with van der Waals surface area (Å²) in [5.41, 5.74) is 2.25. The molecule has 6 heteroatoms. The van der Waals surface area contributed by atoms with Gasteiger partial charge in [-0.15, -0.1) is 0 Å². The highest BCUT2D eigenvalue weighted by molar-refractivity contribution is 5.94. The van der Waals surface area contributed by atoms with E-state index in [4.69, 9.17) is 18.6 Å². The Labute approximate surface area is 224 Å². The Balaban J connectivity index is 1.91. The van der Waals surface area contributed by atoms with Gasteiger partial charge in [0, 0.05) is 0 Å². The summed E-state index contributed by atoms with van der Waals surface area (Å²) in [6.45, 7) is 8.91. The van der Waals surface area contributed by atoms with Crippen molar-refractivity contribution in [3.8, 4) is 17.2 Å². The lowest BCUT2D eigenvalue weighted by Crippen LogP contribution is -2.16. The molecule has 38 heavy (non-hydrogen) atoms. The second-order valence-electron chi connectivity index (χ2n) is 9.13. The van der Waals surface area contributed by atoms with Gasteiger partial charge >= 0.3 is 11.6 Å². The van der Waals surface area contributed by atoms with E-state index in [0.29, 0.717) is 36.3 Å². The van der Waals surface area contributed by atoms with E-state index in [1.807, 2.05) is 18.2 Å². The van der Waals surface area contributed by atoms with Gasteiger partial charge in [0.2, 0.25) is 0 Å². The van der Waals surface area contributed by atoms with E-state index in [2.05, 4.69) is 33.8 Å². The molecule has 0 aliphatic heterocycles. The molecule has 3 rings (SSSR count). The second-order valence-corrected chi connectivity index (χ2v) is 9.13. The maximum atomic E-state index is 13.1. The third kappa shape index (κ3) is 8.23. The number of para-hydroxylation sites is 1. The zero-order valence-corrected chi connectivity index (χ0v) is 22.6. The number of esters is 1. The first-order valence-electron chi connectivity index (χ1n) is 13.0. The van der Waals surface area contributed by atoms with Crippen molar-refractivity contribution in [1.82, 2.24) is 0 Å². The van der Waals surface area contributed by atoms with Gasteiger partial charge in [-0.05, 0) is 76.8 Å². The third-order valence-corrected chi connectivity index (χ3v) is 5.71. The number of ether oxygens (including phenoxy) is 3. The summed E-state index contributed by atoms with van der Waals surface area (Å²) in [6.07, 6.45) is 11.7. The molecule has 0 atom stereocenters. The topological polar surface area (TPSA) is 75.0 Å². The van der Waals surface area contributed by atoms with Crippen LogP contribution < -0.4 is 19.8 Å². The Morgan fingerprint density at radius 2 is 1.68 bits per heavy atom. The lowest BCUT2D eigenvalue weighted by molar-refractivity contribution is 0.0721. The fraction of sp³-hybridized carbons (Fsp3) is 0.312. The number of rotatable bonds is 13. The lowest BCUT2D eigenvalue weighted by Gasteiger charge is -2.14. The molecule has 6 nitrogen and oxygen atoms in total. The quantitative estimate of drug-likeness (QED) is 0.0998. The van der Waals surface area contributed by atoms with Gasteiger partial charge in [-0.1, -0.05) is 60.6 Å². The predicted octanol–water partition coefficient (Wildman–Crippen LogP) is 7.82. The first-order valence-corrected chi connectivity index (χ1v) is 13.0. The molecule has 2 aromatic carbocycles. The molecule has 0 amide bonds. The molecule has 0 N–H and O–H groups in total. The number of hydrogen-bond acceptors (Lipinski definition) is 6. The Bertz CT molecular complexity index is 1360. The minimum absolute atomic E-state index is 0.157. The highest BCUT2D eigenvalue weighted by Gasteiger charge is 2.23. The van der Waals surface area contributed by atoms with Gasteiger partial charge < -0.3 is 18.6 Å². The van der Waals surface area contributed by atoms with Crippen LogP contribution in [0.1, 0.15) is 63.7 Å². The maximum absolute atomic E-state index is 13.1. The van der Waals surface area contributed by atoms with E-state index in [0.717, 1.165) is 19.3 Å². The number of fused-ring (bicyclic) bond motifs is 1. The third-order valence-electron chi connectivity index (χ3n) is 5.71. The summed E-state index contributed by atoms with van der Waals surface area (Å²) in [4.78, 5) is 25.8.